The van der Waals surface area contributed by atoms with E-state index >= 15 is 0 Å². The van der Waals surface area contributed by atoms with Crippen molar-refractivity contribution in [2.75, 3.05) is 0 Å². The summed E-state index contributed by atoms with van der Waals surface area (Å²) >= 11 is 1.69. The number of aromatic nitrogens is 2. The summed E-state index contributed by atoms with van der Waals surface area (Å²) in [4.78, 5) is 10.4. The number of hydrogen-bond donors (Lipinski definition) is 0. The molecule has 0 bridgehead atoms. The molecule has 0 spiro atoms. The second-order valence-corrected chi connectivity index (χ2v) is 10.3. The van der Waals surface area contributed by atoms with Crippen molar-refractivity contribution in [2.24, 2.45) is 21.8 Å². The van der Waals surface area contributed by atoms with Crippen LogP contribution in [0.3, 0.4) is 0 Å². The van der Waals surface area contributed by atoms with Gasteiger partial charge in [-0.25, -0.2) is 4.68 Å². The molecule has 1 saturated carbocycles. The van der Waals surface area contributed by atoms with E-state index in [1.807, 2.05) is 17.1 Å². The maximum absolute atomic E-state index is 5.40. The number of nitrogens with zero attached hydrogens (tertiary/aromatic N) is 4. The fourth-order valence-electron chi connectivity index (χ4n) is 5.13. The third-order valence-electron chi connectivity index (χ3n) is 7.18. The van der Waals surface area contributed by atoms with Gasteiger partial charge in [0.25, 0.3) is 0 Å². The van der Waals surface area contributed by atoms with Crippen molar-refractivity contribution in [2.45, 2.75) is 65.3 Å². The summed E-state index contributed by atoms with van der Waals surface area (Å²) in [7, 11) is 0. The lowest BCUT2D eigenvalue weighted by molar-refractivity contribution is 0.343. The monoisotopic (exact) mass is 418 g/mol. The summed E-state index contributed by atoms with van der Waals surface area (Å²) in [5, 5.41) is 8.80. The van der Waals surface area contributed by atoms with Gasteiger partial charge < -0.3 is 0 Å². The maximum Gasteiger partial charge on any atom is 0.104 e. The summed E-state index contributed by atoms with van der Waals surface area (Å²) < 4.78 is 1.95. The average Bonchev–Trinajstić information content (AvgIpc) is 3.46. The van der Waals surface area contributed by atoms with Gasteiger partial charge in [-0.05, 0) is 63.0 Å². The zero-order valence-corrected chi connectivity index (χ0v) is 19.2. The van der Waals surface area contributed by atoms with Crippen LogP contribution >= 0.6 is 11.3 Å². The average molecular weight is 419 g/mol. The zero-order chi connectivity index (χ0) is 20.9. The minimum atomic E-state index is -0.283. The van der Waals surface area contributed by atoms with Gasteiger partial charge in [-0.1, -0.05) is 25.3 Å². The van der Waals surface area contributed by atoms with Gasteiger partial charge in [0.1, 0.15) is 5.54 Å². The molecule has 4 heterocycles. The molecular formula is C25H30N4S. The molecule has 1 atom stereocenters. The van der Waals surface area contributed by atoms with Crippen LogP contribution in [0.15, 0.2) is 56.0 Å². The number of hydrogen-bond acceptors (Lipinski definition) is 4. The van der Waals surface area contributed by atoms with E-state index in [4.69, 9.17) is 9.98 Å². The lowest BCUT2D eigenvalue weighted by atomic mass is 9.78. The highest BCUT2D eigenvalue weighted by molar-refractivity contribution is 7.08. The first-order chi connectivity index (χ1) is 14.4. The molecule has 2 aliphatic heterocycles. The van der Waals surface area contributed by atoms with Gasteiger partial charge in [0.05, 0.1) is 17.6 Å². The highest BCUT2D eigenvalue weighted by atomic mass is 32.1. The third kappa shape index (κ3) is 3.33. The van der Waals surface area contributed by atoms with Crippen LogP contribution in [0.2, 0.25) is 0 Å². The molecule has 4 nitrogen and oxygen atoms in total. The Labute approximate surface area is 183 Å². The third-order valence-corrected chi connectivity index (χ3v) is 7.85. The molecule has 156 valence electrons. The van der Waals surface area contributed by atoms with Crippen molar-refractivity contribution in [3.63, 3.8) is 0 Å². The van der Waals surface area contributed by atoms with Crippen LogP contribution in [0.25, 0.3) is 11.3 Å². The van der Waals surface area contributed by atoms with Gasteiger partial charge in [-0.15, -0.1) is 0 Å². The van der Waals surface area contributed by atoms with Crippen molar-refractivity contribution in [1.82, 2.24) is 9.78 Å². The van der Waals surface area contributed by atoms with Crippen LogP contribution < -0.4 is 0 Å². The first kappa shape index (κ1) is 19.7. The molecule has 3 aliphatic rings. The summed E-state index contributed by atoms with van der Waals surface area (Å²) in [6.45, 7) is 9.16. The molecular weight excluding hydrogens is 388 g/mol. The SMILES string of the molecule is CC1=C(C)C(C2CCC(C)CC2)=NC2=C(c3cnn(-c4ccsc4)c3)C=NC2(C)C1. The predicted octanol–water partition coefficient (Wildman–Crippen LogP) is 6.50. The smallest absolute Gasteiger partial charge is 0.104 e. The lowest BCUT2D eigenvalue weighted by Gasteiger charge is -2.28. The van der Waals surface area contributed by atoms with Crippen molar-refractivity contribution in [1.29, 1.82) is 0 Å². The first-order valence-corrected chi connectivity index (χ1v) is 12.0. The van der Waals surface area contributed by atoms with Gasteiger partial charge >= 0.3 is 0 Å². The number of aliphatic imine (C=N–C) groups is 2. The molecule has 0 amide bonds. The second kappa shape index (κ2) is 7.45. The molecule has 2 aromatic rings. The van der Waals surface area contributed by atoms with E-state index in [1.54, 1.807) is 11.3 Å². The fraction of sp³-hybridized carbons (Fsp3) is 0.480. The number of allylic oxidation sites excluding steroid dienone is 2. The van der Waals surface area contributed by atoms with E-state index in [-0.39, 0.29) is 5.54 Å². The fourth-order valence-corrected chi connectivity index (χ4v) is 5.76. The van der Waals surface area contributed by atoms with Crippen molar-refractivity contribution < 1.29 is 0 Å². The Kier molecular flexibility index (Phi) is 4.89. The van der Waals surface area contributed by atoms with E-state index < -0.39 is 0 Å². The Morgan fingerprint density at radius 2 is 1.97 bits per heavy atom. The maximum atomic E-state index is 5.40. The van der Waals surface area contributed by atoms with Gasteiger partial charge in [0.15, 0.2) is 0 Å². The quantitative estimate of drug-likeness (QED) is 0.561. The standard InChI is InChI=1S/C25H30N4S/c1-16-5-7-19(8-6-16)23-18(3)17(2)11-25(4)24(28-23)22(13-26-25)20-12-27-29(14-20)21-9-10-30-15-21/h9-10,12-16,19H,5-8,11H2,1-4H3. The van der Waals surface area contributed by atoms with Gasteiger partial charge in [0.2, 0.25) is 0 Å². The molecule has 0 radical (unpaired) electrons. The van der Waals surface area contributed by atoms with Crippen LogP contribution in [-0.4, -0.2) is 27.2 Å². The largest absolute Gasteiger partial charge is 0.279 e. The number of thiophene rings is 1. The summed E-state index contributed by atoms with van der Waals surface area (Å²) in [5.41, 5.74) is 8.30. The molecule has 1 unspecified atom stereocenters. The predicted molar refractivity (Wildman–Crippen MR) is 127 cm³/mol. The van der Waals surface area contributed by atoms with E-state index in [1.165, 1.54) is 42.5 Å². The molecule has 30 heavy (non-hydrogen) atoms. The van der Waals surface area contributed by atoms with Gasteiger partial charge in [-0.2, -0.15) is 16.4 Å². The molecule has 5 rings (SSSR count). The first-order valence-electron chi connectivity index (χ1n) is 11.1. The molecule has 1 fully saturated rings. The van der Waals surface area contributed by atoms with Crippen molar-refractivity contribution >= 4 is 28.8 Å². The van der Waals surface area contributed by atoms with Crippen LogP contribution in [-0.2, 0) is 0 Å². The Bertz CT molecular complexity index is 1070. The van der Waals surface area contributed by atoms with Crippen molar-refractivity contribution in [3.8, 4) is 5.69 Å². The van der Waals surface area contributed by atoms with E-state index in [2.05, 4.69) is 55.8 Å². The molecule has 2 aromatic heterocycles. The molecule has 0 N–H and O–H groups in total. The topological polar surface area (TPSA) is 42.5 Å². The van der Waals surface area contributed by atoms with Crippen LogP contribution in [0, 0.1) is 11.8 Å². The lowest BCUT2D eigenvalue weighted by Crippen LogP contribution is -2.23. The summed E-state index contributed by atoms with van der Waals surface area (Å²) in [5.74, 6) is 1.41. The summed E-state index contributed by atoms with van der Waals surface area (Å²) in [6.07, 6.45) is 12.1. The second-order valence-electron chi connectivity index (χ2n) is 9.49. The number of rotatable bonds is 3. The van der Waals surface area contributed by atoms with E-state index in [9.17, 15) is 0 Å². The molecule has 0 saturated heterocycles. The number of fused-ring (bicyclic) bond motifs is 1. The highest BCUT2D eigenvalue weighted by Crippen LogP contribution is 2.44. The van der Waals surface area contributed by atoms with Crippen LogP contribution in [0.1, 0.15) is 65.4 Å². The highest BCUT2D eigenvalue weighted by Gasteiger charge is 2.39. The molecule has 0 aromatic carbocycles. The van der Waals surface area contributed by atoms with Crippen molar-refractivity contribution in [3.05, 3.63) is 51.6 Å². The van der Waals surface area contributed by atoms with Crippen LogP contribution in [0.4, 0.5) is 0 Å². The van der Waals surface area contributed by atoms with E-state index in [0.29, 0.717) is 5.92 Å². The Morgan fingerprint density at radius 1 is 1.17 bits per heavy atom. The minimum Gasteiger partial charge on any atom is -0.279 e. The Balaban J connectivity index is 1.58. The Morgan fingerprint density at radius 3 is 2.70 bits per heavy atom. The van der Waals surface area contributed by atoms with E-state index in [0.717, 1.165) is 34.9 Å². The summed E-state index contributed by atoms with van der Waals surface area (Å²) in [6, 6.07) is 2.09. The molecule has 1 aliphatic carbocycles. The van der Waals surface area contributed by atoms with Crippen LogP contribution in [0.5, 0.6) is 0 Å². The minimum absolute atomic E-state index is 0.283. The van der Waals surface area contributed by atoms with Gasteiger partial charge in [-0.3, -0.25) is 9.98 Å². The zero-order valence-electron chi connectivity index (χ0n) is 18.4. The molecule has 5 heteroatoms. The van der Waals surface area contributed by atoms with Gasteiger partial charge in [0, 0.05) is 40.6 Å². The normalized spacial score (nSPS) is 29.3. The Hall–Kier alpha value is -2.27.